The lowest BCUT2D eigenvalue weighted by atomic mass is 9.83. The minimum atomic E-state index is 0.00476. The van der Waals surface area contributed by atoms with Crippen molar-refractivity contribution in [2.24, 2.45) is 29.4 Å². The summed E-state index contributed by atoms with van der Waals surface area (Å²) in [7, 11) is 1.67. The molecule has 234 valence electrons. The highest BCUT2D eigenvalue weighted by Gasteiger charge is 2.47. The molecule has 2 saturated heterocycles. The highest BCUT2D eigenvalue weighted by atomic mass is 16.5. The van der Waals surface area contributed by atoms with Crippen LogP contribution in [0.5, 0.6) is 5.75 Å². The number of hydrogen-bond donors (Lipinski definition) is 1. The lowest BCUT2D eigenvalue weighted by Crippen LogP contribution is -2.54. The minimum Gasteiger partial charge on any atom is -0.494 e. The Morgan fingerprint density at radius 1 is 0.978 bits per heavy atom. The number of nitrogens with two attached hydrogens (primary N) is 1. The number of methoxy groups -OCH3 is 1. The summed E-state index contributed by atoms with van der Waals surface area (Å²) in [5.74, 6) is 3.40. The number of imidazole rings is 1. The van der Waals surface area contributed by atoms with Gasteiger partial charge < -0.3 is 29.4 Å². The second-order valence-electron chi connectivity index (χ2n) is 14.3. The molecule has 3 aromatic heterocycles. The van der Waals surface area contributed by atoms with E-state index in [-0.39, 0.29) is 23.9 Å². The van der Waals surface area contributed by atoms with Gasteiger partial charge in [-0.1, -0.05) is 6.42 Å². The maximum atomic E-state index is 13.9. The number of hydrogen-bond acceptors (Lipinski definition) is 6. The highest BCUT2D eigenvalue weighted by Crippen LogP contribution is 2.41. The van der Waals surface area contributed by atoms with E-state index < -0.39 is 0 Å². The maximum absolute atomic E-state index is 13.9. The van der Waals surface area contributed by atoms with Crippen LogP contribution < -0.4 is 10.5 Å². The summed E-state index contributed by atoms with van der Waals surface area (Å²) < 4.78 is 10.6. The van der Waals surface area contributed by atoms with Crippen LogP contribution in [-0.4, -0.2) is 79.5 Å². The number of rotatable bonds is 8. The van der Waals surface area contributed by atoms with E-state index in [1.165, 1.54) is 12.8 Å². The van der Waals surface area contributed by atoms with Gasteiger partial charge in [-0.2, -0.15) is 0 Å². The molecule has 0 spiro atoms. The highest BCUT2D eigenvalue weighted by molar-refractivity contribution is 6.00. The molecule has 0 radical (unpaired) electrons. The predicted molar refractivity (Wildman–Crippen MR) is 171 cm³/mol. The van der Waals surface area contributed by atoms with E-state index in [1.54, 1.807) is 7.11 Å². The number of benzene rings is 1. The molecule has 4 aromatic rings. The van der Waals surface area contributed by atoms with Crippen molar-refractivity contribution in [3.63, 3.8) is 0 Å². The summed E-state index contributed by atoms with van der Waals surface area (Å²) in [6, 6.07) is 10.3. The van der Waals surface area contributed by atoms with Gasteiger partial charge in [-0.05, 0) is 80.7 Å². The second kappa shape index (κ2) is 10.3. The summed E-state index contributed by atoms with van der Waals surface area (Å²) in [6.07, 6.45) is 9.61. The molecule has 45 heavy (non-hydrogen) atoms. The van der Waals surface area contributed by atoms with Crippen LogP contribution >= 0.6 is 0 Å². The van der Waals surface area contributed by atoms with Crippen molar-refractivity contribution in [3.8, 4) is 17.3 Å². The SMILES string of the molecule is COc1cc(C(=O)N2CC3CCC2[C@@H]3N)cc2nc(-c3cc4cccnc4n3CC3CC3)n(CC3CN(C(=O)C4CCC4)C3)c12. The maximum Gasteiger partial charge on any atom is 0.254 e. The summed E-state index contributed by atoms with van der Waals surface area (Å²) >= 11 is 0. The quantitative estimate of drug-likeness (QED) is 0.320. The van der Waals surface area contributed by atoms with Gasteiger partial charge in [-0.3, -0.25) is 9.59 Å². The third kappa shape index (κ3) is 4.39. The van der Waals surface area contributed by atoms with Crippen LogP contribution in [0.4, 0.5) is 0 Å². The van der Waals surface area contributed by atoms with E-state index in [0.29, 0.717) is 41.5 Å². The lowest BCUT2D eigenvalue weighted by Gasteiger charge is -2.43. The Labute approximate surface area is 262 Å². The van der Waals surface area contributed by atoms with Crippen molar-refractivity contribution in [1.29, 1.82) is 0 Å². The van der Waals surface area contributed by atoms with E-state index >= 15 is 0 Å². The first-order valence-electron chi connectivity index (χ1n) is 16.8. The fourth-order valence-corrected chi connectivity index (χ4v) is 8.38. The predicted octanol–water partition coefficient (Wildman–Crippen LogP) is 4.29. The Morgan fingerprint density at radius 2 is 1.80 bits per heavy atom. The standard InChI is InChI=1S/C35H41N7O3/c1-45-29-14-25(35(44)41-19-24-9-10-27(41)30(24)36)12-26-31(29)42(18-21-15-39(16-21)34(43)22-4-2-5-22)33(38-26)28-13-23-6-3-11-37-32(23)40(28)17-20-7-8-20/h3,6,11-14,20-22,24,27,30H,2,4-5,7-10,15-19,36H2,1H3/t24?,27?,30-/m1/s1. The Kier molecular flexibility index (Phi) is 6.27. The first-order valence-corrected chi connectivity index (χ1v) is 16.8. The van der Waals surface area contributed by atoms with E-state index in [1.807, 2.05) is 34.2 Å². The fraction of sp³-hybridized carbons (Fsp3) is 0.543. The van der Waals surface area contributed by atoms with Gasteiger partial charge in [0.15, 0.2) is 5.82 Å². The molecule has 5 fully saturated rings. The third-order valence-electron chi connectivity index (χ3n) is 11.4. The Morgan fingerprint density at radius 3 is 2.49 bits per heavy atom. The monoisotopic (exact) mass is 607 g/mol. The molecule has 3 atom stereocenters. The number of carbonyl (C=O) groups excluding carboxylic acids is 2. The number of ether oxygens (including phenoxy) is 1. The molecule has 2 unspecified atom stereocenters. The van der Waals surface area contributed by atoms with Gasteiger partial charge >= 0.3 is 0 Å². The molecule has 2 bridgehead atoms. The largest absolute Gasteiger partial charge is 0.494 e. The van der Waals surface area contributed by atoms with Gasteiger partial charge in [0.05, 0.1) is 18.3 Å². The number of nitrogens with zero attached hydrogens (tertiary/aromatic N) is 6. The Bertz CT molecular complexity index is 1830. The van der Waals surface area contributed by atoms with Crippen molar-refractivity contribution >= 4 is 33.9 Å². The number of aromatic nitrogens is 4. The van der Waals surface area contributed by atoms with Crippen molar-refractivity contribution in [3.05, 3.63) is 42.1 Å². The average Bonchev–Trinajstić information content (AvgIpc) is 3.35. The molecule has 2 N–H and O–H groups in total. The zero-order valence-electron chi connectivity index (χ0n) is 25.9. The molecule has 10 heteroatoms. The van der Waals surface area contributed by atoms with Gasteiger partial charge in [-0.15, -0.1) is 0 Å². The molecule has 5 heterocycles. The molecule has 9 rings (SSSR count). The Hall–Kier alpha value is -3.92. The van der Waals surface area contributed by atoms with Crippen LogP contribution in [0.3, 0.4) is 0 Å². The van der Waals surface area contributed by atoms with Crippen LogP contribution in [0.1, 0.15) is 55.3 Å². The van der Waals surface area contributed by atoms with E-state index in [0.717, 1.165) is 91.9 Å². The van der Waals surface area contributed by atoms with Crippen LogP contribution in [0.15, 0.2) is 36.5 Å². The van der Waals surface area contributed by atoms with Crippen LogP contribution in [-0.2, 0) is 17.9 Å². The van der Waals surface area contributed by atoms with E-state index in [4.69, 9.17) is 20.4 Å². The summed E-state index contributed by atoms with van der Waals surface area (Å²) in [4.78, 5) is 40.9. The second-order valence-corrected chi connectivity index (χ2v) is 14.3. The van der Waals surface area contributed by atoms with Crippen molar-refractivity contribution in [2.75, 3.05) is 26.7 Å². The topological polar surface area (TPSA) is 112 Å². The van der Waals surface area contributed by atoms with Crippen molar-refractivity contribution < 1.29 is 14.3 Å². The molecule has 3 saturated carbocycles. The van der Waals surface area contributed by atoms with Gasteiger partial charge in [-0.25, -0.2) is 9.97 Å². The Balaban J connectivity index is 1.13. The normalized spacial score (nSPS) is 24.9. The number of piperidine rings is 1. The summed E-state index contributed by atoms with van der Waals surface area (Å²) in [5, 5.41) is 1.09. The molecule has 3 aliphatic carbocycles. The molecule has 5 aliphatic rings. The van der Waals surface area contributed by atoms with Crippen LogP contribution in [0.2, 0.25) is 0 Å². The van der Waals surface area contributed by atoms with Crippen LogP contribution in [0, 0.1) is 23.7 Å². The molecule has 2 aliphatic heterocycles. The summed E-state index contributed by atoms with van der Waals surface area (Å²) in [6.45, 7) is 3.87. The van der Waals surface area contributed by atoms with Crippen molar-refractivity contribution in [1.82, 2.24) is 28.9 Å². The molecular formula is C35H41N7O3. The van der Waals surface area contributed by atoms with Gasteiger partial charge in [0.1, 0.15) is 16.9 Å². The average molecular weight is 608 g/mol. The van der Waals surface area contributed by atoms with Crippen molar-refractivity contribution in [2.45, 2.75) is 70.1 Å². The number of fused-ring (bicyclic) bond motifs is 4. The molecule has 2 amide bonds. The minimum absolute atomic E-state index is 0.00476. The number of likely N-dealkylation sites (tertiary alicyclic amines) is 2. The number of amides is 2. The van der Waals surface area contributed by atoms with E-state index in [2.05, 4.69) is 21.3 Å². The first-order chi connectivity index (χ1) is 22.0. The first kappa shape index (κ1) is 27.4. The lowest BCUT2D eigenvalue weighted by molar-refractivity contribution is -0.145. The molecular weight excluding hydrogens is 566 g/mol. The van der Waals surface area contributed by atoms with Gasteiger partial charge in [0, 0.05) is 73.8 Å². The van der Waals surface area contributed by atoms with Gasteiger partial charge in [0.25, 0.3) is 5.91 Å². The third-order valence-corrected chi connectivity index (χ3v) is 11.4. The fourth-order valence-electron chi connectivity index (χ4n) is 8.38. The van der Waals surface area contributed by atoms with Gasteiger partial charge in [0.2, 0.25) is 5.91 Å². The number of pyridine rings is 1. The zero-order valence-corrected chi connectivity index (χ0v) is 25.9. The number of carbonyl (C=O) groups is 2. The zero-order chi connectivity index (χ0) is 30.4. The van der Waals surface area contributed by atoms with E-state index in [9.17, 15) is 9.59 Å². The summed E-state index contributed by atoms with van der Waals surface area (Å²) in [5.41, 5.74) is 10.7. The molecule has 10 nitrogen and oxygen atoms in total. The molecule has 1 aromatic carbocycles. The smallest absolute Gasteiger partial charge is 0.254 e. The van der Waals surface area contributed by atoms with Crippen LogP contribution in [0.25, 0.3) is 33.6 Å².